The van der Waals surface area contributed by atoms with Crippen molar-refractivity contribution >= 4 is 29.3 Å². The third-order valence-corrected chi connectivity index (χ3v) is 3.88. The van der Waals surface area contributed by atoms with Crippen LogP contribution in [0.5, 0.6) is 0 Å². The predicted molar refractivity (Wildman–Crippen MR) is 81.1 cm³/mol. The number of hydrazine groups is 1. The first kappa shape index (κ1) is 13.8. The van der Waals surface area contributed by atoms with Gasteiger partial charge in [0.15, 0.2) is 5.11 Å². The molecule has 0 bridgehead atoms. The van der Waals surface area contributed by atoms with Gasteiger partial charge in [-0.15, -0.1) is 0 Å². The number of hydrogen-bond acceptors (Lipinski definition) is 3. The summed E-state index contributed by atoms with van der Waals surface area (Å²) in [6, 6.07) is 8.98. The quantitative estimate of drug-likeness (QED) is 0.574. The summed E-state index contributed by atoms with van der Waals surface area (Å²) in [6.07, 6.45) is 2.12. The van der Waals surface area contributed by atoms with Crippen LogP contribution in [0.15, 0.2) is 30.3 Å². The normalized spacial score (nSPS) is 24.7. The number of nitrogens with zero attached hydrogens (tertiary/aromatic N) is 1. The number of imide groups is 1. The summed E-state index contributed by atoms with van der Waals surface area (Å²) in [5.74, 6) is -0.376. The van der Waals surface area contributed by atoms with Gasteiger partial charge in [-0.1, -0.05) is 30.3 Å². The Morgan fingerprint density at radius 3 is 2.62 bits per heavy atom. The van der Waals surface area contributed by atoms with Crippen molar-refractivity contribution in [1.82, 2.24) is 21.1 Å². The lowest BCUT2D eigenvalue weighted by atomic mass is 9.92. The van der Waals surface area contributed by atoms with Crippen molar-refractivity contribution in [2.75, 3.05) is 0 Å². The molecular weight excluding hydrogens is 288 g/mol. The molecule has 110 valence electrons. The van der Waals surface area contributed by atoms with Crippen LogP contribution in [-0.2, 0) is 10.3 Å². The molecule has 0 aromatic heterocycles. The predicted octanol–water partition coefficient (Wildman–Crippen LogP) is 0.995. The second-order valence-electron chi connectivity index (χ2n) is 5.42. The van der Waals surface area contributed by atoms with Gasteiger partial charge in [-0.3, -0.25) is 10.2 Å². The standard InChI is InChI=1S/C14H16N4O2S/c1-14(9-5-3-2-4-6-9)11(19)18(13(20)16-14)17-12(21)15-10-7-8-10/h2-6,10H,7-8H2,1H3,(H,16,20)(H2,15,17,21)/t14-/m1/s1. The lowest BCUT2D eigenvalue weighted by molar-refractivity contribution is -0.132. The molecule has 3 rings (SSSR count). The van der Waals surface area contributed by atoms with Crippen LogP contribution in [0, 0.1) is 0 Å². The summed E-state index contributed by atoms with van der Waals surface area (Å²) in [5.41, 5.74) is 2.31. The number of nitrogens with one attached hydrogen (secondary N) is 3. The largest absolute Gasteiger partial charge is 0.359 e. The maximum Gasteiger partial charge on any atom is 0.344 e. The topological polar surface area (TPSA) is 73.5 Å². The molecule has 0 unspecified atom stereocenters. The van der Waals surface area contributed by atoms with Crippen molar-refractivity contribution in [3.63, 3.8) is 0 Å². The molecular formula is C14H16N4O2S. The Morgan fingerprint density at radius 2 is 2.00 bits per heavy atom. The molecule has 1 heterocycles. The molecule has 1 aliphatic heterocycles. The summed E-state index contributed by atoms with van der Waals surface area (Å²) in [4.78, 5) is 24.6. The highest BCUT2D eigenvalue weighted by Gasteiger charge is 2.49. The lowest BCUT2D eigenvalue weighted by Gasteiger charge is -2.22. The molecule has 1 saturated heterocycles. The SMILES string of the molecule is C[C@]1(c2ccccc2)NC(=O)N(NC(=S)NC2CC2)C1=O. The van der Waals surface area contributed by atoms with E-state index in [2.05, 4.69) is 16.1 Å². The van der Waals surface area contributed by atoms with Crippen LogP contribution in [-0.4, -0.2) is 28.1 Å². The van der Waals surface area contributed by atoms with E-state index in [9.17, 15) is 9.59 Å². The van der Waals surface area contributed by atoms with E-state index in [4.69, 9.17) is 12.2 Å². The van der Waals surface area contributed by atoms with Crippen molar-refractivity contribution < 1.29 is 9.59 Å². The summed E-state index contributed by atoms with van der Waals surface area (Å²) >= 11 is 5.11. The van der Waals surface area contributed by atoms with Gasteiger partial charge in [0, 0.05) is 6.04 Å². The van der Waals surface area contributed by atoms with Gasteiger partial charge in [-0.05, 0) is 37.5 Å². The first-order valence-electron chi connectivity index (χ1n) is 6.80. The Bertz CT molecular complexity index is 602. The van der Waals surface area contributed by atoms with E-state index in [-0.39, 0.29) is 5.91 Å². The van der Waals surface area contributed by atoms with E-state index < -0.39 is 11.6 Å². The fraction of sp³-hybridized carbons (Fsp3) is 0.357. The molecule has 3 amide bonds. The molecule has 1 aromatic carbocycles. The Kier molecular flexibility index (Phi) is 3.29. The molecule has 0 radical (unpaired) electrons. The average molecular weight is 304 g/mol. The van der Waals surface area contributed by atoms with E-state index in [1.54, 1.807) is 6.92 Å². The van der Waals surface area contributed by atoms with Gasteiger partial charge < -0.3 is 10.6 Å². The molecule has 1 aromatic rings. The molecule has 1 aliphatic carbocycles. The Labute approximate surface area is 127 Å². The third kappa shape index (κ3) is 2.56. The number of benzene rings is 1. The molecule has 1 atom stereocenters. The fourth-order valence-corrected chi connectivity index (χ4v) is 2.51. The maximum absolute atomic E-state index is 12.6. The second-order valence-corrected chi connectivity index (χ2v) is 5.83. The Hall–Kier alpha value is -2.15. The van der Waals surface area contributed by atoms with Gasteiger partial charge in [-0.25, -0.2) is 4.79 Å². The molecule has 7 heteroatoms. The number of carbonyl (C=O) groups is 2. The summed E-state index contributed by atoms with van der Waals surface area (Å²) in [7, 11) is 0. The van der Waals surface area contributed by atoms with Crippen LogP contribution in [0.3, 0.4) is 0 Å². The van der Waals surface area contributed by atoms with Gasteiger partial charge >= 0.3 is 6.03 Å². The first-order chi connectivity index (χ1) is 10.0. The van der Waals surface area contributed by atoms with Crippen LogP contribution in [0.25, 0.3) is 0 Å². The van der Waals surface area contributed by atoms with Crippen LogP contribution in [0.1, 0.15) is 25.3 Å². The zero-order valence-corrected chi connectivity index (χ0v) is 12.4. The maximum atomic E-state index is 12.6. The number of urea groups is 1. The average Bonchev–Trinajstić information content (AvgIpc) is 3.25. The zero-order chi connectivity index (χ0) is 15.0. The Balaban J connectivity index is 1.76. The van der Waals surface area contributed by atoms with E-state index in [0.29, 0.717) is 11.2 Å². The van der Waals surface area contributed by atoms with Crippen LogP contribution in [0.2, 0.25) is 0 Å². The van der Waals surface area contributed by atoms with Crippen molar-refractivity contribution in [3.8, 4) is 0 Å². The molecule has 3 N–H and O–H groups in total. The van der Waals surface area contributed by atoms with E-state index in [1.165, 1.54) is 0 Å². The summed E-state index contributed by atoms with van der Waals surface area (Å²) < 4.78 is 0. The van der Waals surface area contributed by atoms with Crippen molar-refractivity contribution in [2.45, 2.75) is 31.3 Å². The highest BCUT2D eigenvalue weighted by Crippen LogP contribution is 2.27. The lowest BCUT2D eigenvalue weighted by Crippen LogP contribution is -2.51. The molecule has 21 heavy (non-hydrogen) atoms. The number of rotatable bonds is 3. The van der Waals surface area contributed by atoms with Crippen molar-refractivity contribution in [2.24, 2.45) is 0 Å². The van der Waals surface area contributed by atoms with Gasteiger partial charge in [0.2, 0.25) is 0 Å². The molecule has 2 aliphatic rings. The monoisotopic (exact) mass is 304 g/mol. The minimum Gasteiger partial charge on any atom is -0.359 e. The zero-order valence-electron chi connectivity index (χ0n) is 11.6. The Morgan fingerprint density at radius 1 is 1.33 bits per heavy atom. The van der Waals surface area contributed by atoms with Crippen LogP contribution in [0.4, 0.5) is 4.79 Å². The molecule has 2 fully saturated rings. The van der Waals surface area contributed by atoms with Gasteiger partial charge in [-0.2, -0.15) is 5.01 Å². The third-order valence-electron chi connectivity index (χ3n) is 3.67. The molecule has 0 spiro atoms. The van der Waals surface area contributed by atoms with Gasteiger partial charge in [0.1, 0.15) is 5.54 Å². The number of carbonyl (C=O) groups excluding carboxylic acids is 2. The second kappa shape index (κ2) is 5.00. The summed E-state index contributed by atoms with van der Waals surface area (Å²) in [6.45, 7) is 1.68. The fourth-order valence-electron chi connectivity index (χ4n) is 2.25. The summed E-state index contributed by atoms with van der Waals surface area (Å²) in [5, 5.41) is 6.97. The van der Waals surface area contributed by atoms with Gasteiger partial charge in [0.25, 0.3) is 5.91 Å². The minimum atomic E-state index is -1.08. The van der Waals surface area contributed by atoms with Crippen molar-refractivity contribution in [1.29, 1.82) is 0 Å². The van der Waals surface area contributed by atoms with E-state index in [0.717, 1.165) is 23.4 Å². The van der Waals surface area contributed by atoms with Crippen LogP contribution < -0.4 is 16.1 Å². The first-order valence-corrected chi connectivity index (χ1v) is 7.21. The minimum absolute atomic E-state index is 0.290. The highest BCUT2D eigenvalue weighted by atomic mass is 32.1. The van der Waals surface area contributed by atoms with Gasteiger partial charge in [0.05, 0.1) is 0 Å². The highest BCUT2D eigenvalue weighted by molar-refractivity contribution is 7.80. The number of hydrogen-bond donors (Lipinski definition) is 3. The van der Waals surface area contributed by atoms with E-state index in [1.807, 2.05) is 30.3 Å². The van der Waals surface area contributed by atoms with Crippen molar-refractivity contribution in [3.05, 3.63) is 35.9 Å². The number of thiocarbonyl (C=S) groups is 1. The smallest absolute Gasteiger partial charge is 0.344 e. The number of amides is 3. The molecule has 1 saturated carbocycles. The van der Waals surface area contributed by atoms with Crippen LogP contribution >= 0.6 is 12.2 Å². The molecule has 6 nitrogen and oxygen atoms in total. The van der Waals surface area contributed by atoms with E-state index >= 15 is 0 Å².